The van der Waals surface area contributed by atoms with Crippen molar-refractivity contribution in [1.29, 1.82) is 0 Å². The summed E-state index contributed by atoms with van der Waals surface area (Å²) in [6.07, 6.45) is 4.72. The molecule has 204 valence electrons. The first-order valence-electron chi connectivity index (χ1n) is 13.5. The van der Waals surface area contributed by atoms with E-state index in [1.165, 1.54) is 6.07 Å². The summed E-state index contributed by atoms with van der Waals surface area (Å²) in [6, 6.07) is 9.99. The zero-order valence-electron chi connectivity index (χ0n) is 22.6. The van der Waals surface area contributed by atoms with E-state index in [1.54, 1.807) is 12.0 Å². The van der Waals surface area contributed by atoms with E-state index in [0.29, 0.717) is 18.5 Å². The molecule has 1 aliphatic heterocycles. The standard InChI is InChI=1S/C30H32F2N4O3/c1-17-28(18(2)39-34-17)19-5-12-26-25(15-19)33-29(35(26)20-6-9-22(38-4)10-7-20)30(3)14-13-27(37)36(30)21-8-11-23(31)24(32)16-21/h5,8,11-12,15-16,20,22H,6-7,9-10,13-14H2,1-4H3/t20?,22?,30-/m0/s1. The number of ether oxygens (including phenoxy) is 1. The highest BCUT2D eigenvalue weighted by atomic mass is 19.2. The van der Waals surface area contributed by atoms with Crippen LogP contribution in [0.3, 0.4) is 0 Å². The van der Waals surface area contributed by atoms with E-state index in [4.69, 9.17) is 14.2 Å². The summed E-state index contributed by atoms with van der Waals surface area (Å²) < 4.78 is 41.4. The van der Waals surface area contributed by atoms with Gasteiger partial charge in [0.25, 0.3) is 0 Å². The van der Waals surface area contributed by atoms with Gasteiger partial charge in [0.05, 0.1) is 22.8 Å². The smallest absolute Gasteiger partial charge is 0.227 e. The molecule has 1 amide bonds. The van der Waals surface area contributed by atoms with Crippen molar-refractivity contribution < 1.29 is 22.8 Å². The van der Waals surface area contributed by atoms with Gasteiger partial charge in [-0.1, -0.05) is 11.2 Å². The van der Waals surface area contributed by atoms with Gasteiger partial charge in [-0.15, -0.1) is 0 Å². The van der Waals surface area contributed by atoms with Crippen LogP contribution in [0.4, 0.5) is 14.5 Å². The zero-order chi connectivity index (χ0) is 27.5. The number of methoxy groups -OCH3 is 1. The molecule has 1 saturated carbocycles. The lowest BCUT2D eigenvalue weighted by atomic mass is 9.90. The van der Waals surface area contributed by atoms with E-state index >= 15 is 0 Å². The van der Waals surface area contributed by atoms with Crippen LogP contribution in [0.2, 0.25) is 0 Å². The Balaban J connectivity index is 1.53. The summed E-state index contributed by atoms with van der Waals surface area (Å²) in [6.45, 7) is 5.79. The summed E-state index contributed by atoms with van der Waals surface area (Å²) in [7, 11) is 1.75. The van der Waals surface area contributed by atoms with Gasteiger partial charge in [0.1, 0.15) is 17.1 Å². The van der Waals surface area contributed by atoms with Crippen molar-refractivity contribution in [2.45, 2.75) is 77.0 Å². The van der Waals surface area contributed by atoms with Gasteiger partial charge in [-0.05, 0) is 82.7 Å². The Bertz CT molecular complexity index is 1550. The Kier molecular flexibility index (Phi) is 6.29. The Morgan fingerprint density at radius 1 is 1.05 bits per heavy atom. The minimum atomic E-state index is -0.981. The maximum absolute atomic E-state index is 14.3. The third-order valence-corrected chi connectivity index (χ3v) is 8.57. The van der Waals surface area contributed by atoms with E-state index in [-0.39, 0.29) is 18.1 Å². The summed E-state index contributed by atoms with van der Waals surface area (Å²) in [5, 5.41) is 4.11. The second-order valence-corrected chi connectivity index (χ2v) is 11.0. The van der Waals surface area contributed by atoms with E-state index < -0.39 is 17.2 Å². The molecule has 9 heteroatoms. The molecule has 7 nitrogen and oxygen atoms in total. The quantitative estimate of drug-likeness (QED) is 0.283. The maximum atomic E-state index is 14.3. The SMILES string of the molecule is COC1CCC(n2c([C@]3(C)CCC(=O)N3c3ccc(F)c(F)c3)nc3cc(-c4c(C)noc4C)ccc32)CC1. The predicted molar refractivity (Wildman–Crippen MR) is 143 cm³/mol. The number of fused-ring (bicyclic) bond motifs is 1. The Hall–Kier alpha value is -3.59. The lowest BCUT2D eigenvalue weighted by Gasteiger charge is -2.38. The van der Waals surface area contributed by atoms with Crippen LogP contribution in [0.25, 0.3) is 22.2 Å². The third-order valence-electron chi connectivity index (χ3n) is 8.57. The van der Waals surface area contributed by atoms with Crippen LogP contribution in [0.15, 0.2) is 40.9 Å². The fraction of sp³-hybridized carbons (Fsp3) is 0.433. The van der Waals surface area contributed by atoms with Crippen molar-refractivity contribution in [3.05, 3.63) is 65.3 Å². The van der Waals surface area contributed by atoms with Gasteiger partial charge in [0.2, 0.25) is 5.91 Å². The summed E-state index contributed by atoms with van der Waals surface area (Å²) in [5.74, 6) is -0.570. The largest absolute Gasteiger partial charge is 0.381 e. The molecule has 2 fully saturated rings. The first kappa shape index (κ1) is 25.7. The minimum absolute atomic E-state index is 0.137. The number of rotatable bonds is 5. The molecule has 2 aromatic carbocycles. The Morgan fingerprint density at radius 2 is 1.82 bits per heavy atom. The number of carbonyl (C=O) groups is 1. The second-order valence-electron chi connectivity index (χ2n) is 11.0. The number of amides is 1. The number of hydrogen-bond donors (Lipinski definition) is 0. The number of benzene rings is 2. The summed E-state index contributed by atoms with van der Waals surface area (Å²) in [5.41, 5.74) is 3.98. The summed E-state index contributed by atoms with van der Waals surface area (Å²) >= 11 is 0. The average molecular weight is 535 g/mol. The molecule has 0 unspecified atom stereocenters. The highest BCUT2D eigenvalue weighted by Crippen LogP contribution is 2.46. The topological polar surface area (TPSA) is 73.4 Å². The maximum Gasteiger partial charge on any atom is 0.227 e. The molecule has 3 heterocycles. The van der Waals surface area contributed by atoms with E-state index in [1.807, 2.05) is 26.8 Å². The molecule has 2 aliphatic rings. The molecule has 0 radical (unpaired) electrons. The molecule has 6 rings (SSSR count). The van der Waals surface area contributed by atoms with Crippen molar-refractivity contribution in [2.75, 3.05) is 12.0 Å². The molecule has 2 aromatic heterocycles. The first-order valence-corrected chi connectivity index (χ1v) is 13.5. The second kappa shape index (κ2) is 9.55. The van der Waals surface area contributed by atoms with E-state index in [2.05, 4.69) is 21.9 Å². The molecule has 0 spiro atoms. The number of aromatic nitrogens is 3. The molecular weight excluding hydrogens is 502 g/mol. The molecular formula is C30H32F2N4O3. The number of nitrogens with zero attached hydrogens (tertiary/aromatic N) is 4. The fourth-order valence-corrected chi connectivity index (χ4v) is 6.55. The third kappa shape index (κ3) is 4.14. The molecule has 1 saturated heterocycles. The normalized spacial score (nSPS) is 23.7. The molecule has 4 aromatic rings. The van der Waals surface area contributed by atoms with E-state index in [9.17, 15) is 13.6 Å². The number of carbonyl (C=O) groups excluding carboxylic acids is 1. The van der Waals surface area contributed by atoms with Gasteiger partial charge in [0, 0.05) is 36.9 Å². The number of anilines is 1. The number of imidazole rings is 1. The monoisotopic (exact) mass is 534 g/mol. The van der Waals surface area contributed by atoms with Crippen molar-refractivity contribution in [3.8, 4) is 11.1 Å². The molecule has 0 N–H and O–H groups in total. The lowest BCUT2D eigenvalue weighted by Crippen LogP contribution is -2.44. The van der Waals surface area contributed by atoms with Crippen molar-refractivity contribution in [1.82, 2.24) is 14.7 Å². The van der Waals surface area contributed by atoms with Crippen LogP contribution in [0.1, 0.15) is 68.8 Å². The van der Waals surface area contributed by atoms with Gasteiger partial charge in [0.15, 0.2) is 11.6 Å². The van der Waals surface area contributed by atoms with Gasteiger partial charge < -0.3 is 13.8 Å². The summed E-state index contributed by atoms with van der Waals surface area (Å²) in [4.78, 5) is 20.0. The zero-order valence-corrected chi connectivity index (χ0v) is 22.6. The molecule has 39 heavy (non-hydrogen) atoms. The highest BCUT2D eigenvalue weighted by Gasteiger charge is 2.48. The lowest BCUT2D eigenvalue weighted by molar-refractivity contribution is -0.117. The van der Waals surface area contributed by atoms with Crippen molar-refractivity contribution >= 4 is 22.6 Å². The number of aryl methyl sites for hydroxylation is 2. The first-order chi connectivity index (χ1) is 18.7. The molecule has 1 aliphatic carbocycles. The van der Waals surface area contributed by atoms with Gasteiger partial charge >= 0.3 is 0 Å². The van der Waals surface area contributed by atoms with E-state index in [0.717, 1.165) is 77.3 Å². The number of halogens is 2. The van der Waals surface area contributed by atoms with Crippen LogP contribution in [0, 0.1) is 25.5 Å². The number of hydrogen-bond acceptors (Lipinski definition) is 5. The Labute approximate surface area is 225 Å². The molecule has 1 atom stereocenters. The van der Waals surface area contributed by atoms with Gasteiger partial charge in [-0.2, -0.15) is 0 Å². The van der Waals surface area contributed by atoms with Crippen molar-refractivity contribution in [2.24, 2.45) is 0 Å². The van der Waals surface area contributed by atoms with Crippen LogP contribution < -0.4 is 4.90 Å². The van der Waals surface area contributed by atoms with Crippen LogP contribution >= 0.6 is 0 Å². The predicted octanol–water partition coefficient (Wildman–Crippen LogP) is 6.76. The molecule has 0 bridgehead atoms. The Morgan fingerprint density at radius 3 is 2.49 bits per heavy atom. The highest BCUT2D eigenvalue weighted by molar-refractivity contribution is 5.97. The van der Waals surface area contributed by atoms with Crippen molar-refractivity contribution in [3.63, 3.8) is 0 Å². The van der Waals surface area contributed by atoms with Gasteiger partial charge in [-0.25, -0.2) is 13.8 Å². The average Bonchev–Trinajstić information content (AvgIpc) is 3.58. The minimum Gasteiger partial charge on any atom is -0.381 e. The van der Waals surface area contributed by atoms with Crippen LogP contribution in [-0.4, -0.2) is 33.8 Å². The van der Waals surface area contributed by atoms with Crippen LogP contribution in [-0.2, 0) is 15.1 Å². The fourth-order valence-electron chi connectivity index (χ4n) is 6.55. The van der Waals surface area contributed by atoms with Crippen LogP contribution in [0.5, 0.6) is 0 Å². The van der Waals surface area contributed by atoms with Gasteiger partial charge in [-0.3, -0.25) is 9.69 Å².